The second-order valence-electron chi connectivity index (χ2n) is 11.7. The lowest BCUT2D eigenvalue weighted by Gasteiger charge is -2.57. The molecule has 6 bridgehead atoms. The van der Waals surface area contributed by atoms with Crippen molar-refractivity contribution in [2.45, 2.75) is 63.0 Å². The van der Waals surface area contributed by atoms with Gasteiger partial charge in [-0.25, -0.2) is 0 Å². The lowest BCUT2D eigenvalue weighted by Crippen LogP contribution is -2.58. The van der Waals surface area contributed by atoms with Crippen molar-refractivity contribution < 1.29 is 19.1 Å². The zero-order chi connectivity index (χ0) is 21.2. The zero-order valence-corrected chi connectivity index (χ0v) is 18.2. The molecule has 1 aromatic carbocycles. The highest BCUT2D eigenvalue weighted by Gasteiger charge is 2.66. The second kappa shape index (κ2) is 6.12. The van der Waals surface area contributed by atoms with E-state index in [1.165, 1.54) is 19.3 Å². The number of carbonyl (C=O) groups is 2. The molecule has 3 saturated heterocycles. The first-order chi connectivity index (χ1) is 15.6. The van der Waals surface area contributed by atoms with Gasteiger partial charge in [0.2, 0.25) is 6.29 Å². The first-order valence-corrected chi connectivity index (χ1v) is 12.5. The lowest BCUT2D eigenvalue weighted by molar-refractivity contribution is -0.166. The van der Waals surface area contributed by atoms with Gasteiger partial charge >= 0.3 is 0 Å². The van der Waals surface area contributed by atoms with Crippen molar-refractivity contribution in [1.82, 2.24) is 0 Å². The molecular weight excluding hydrogens is 402 g/mol. The van der Waals surface area contributed by atoms with Crippen molar-refractivity contribution >= 4 is 23.3 Å². The normalized spacial score (nSPS) is 49.2. The van der Waals surface area contributed by atoms with Crippen molar-refractivity contribution in [1.29, 1.82) is 0 Å². The van der Waals surface area contributed by atoms with Gasteiger partial charge in [-0.1, -0.05) is 30.4 Å². The molecule has 4 saturated carbocycles. The van der Waals surface area contributed by atoms with Gasteiger partial charge in [0.25, 0.3) is 0 Å². The van der Waals surface area contributed by atoms with Crippen LogP contribution in [-0.2, 0) is 19.1 Å². The molecule has 0 radical (unpaired) electrons. The number of ether oxygens (including phenoxy) is 2. The number of anilines is 1. The Morgan fingerprint density at radius 2 is 1.75 bits per heavy atom. The molecule has 166 valence electrons. The summed E-state index contributed by atoms with van der Waals surface area (Å²) in [7, 11) is 0. The fraction of sp³-hybridized carbons (Fsp3) is 0.630. The van der Waals surface area contributed by atoms with Gasteiger partial charge < -0.3 is 14.4 Å². The summed E-state index contributed by atoms with van der Waals surface area (Å²) in [5.74, 6) is 2.24. The van der Waals surface area contributed by atoms with Crippen LogP contribution in [0.15, 0.2) is 30.3 Å². The van der Waals surface area contributed by atoms with Gasteiger partial charge in [0, 0.05) is 17.0 Å². The van der Waals surface area contributed by atoms with E-state index in [4.69, 9.17) is 9.47 Å². The lowest BCUT2D eigenvalue weighted by atomic mass is 9.47. The molecule has 0 unspecified atom stereocenters. The minimum atomic E-state index is -0.748. The number of hydrogen-bond donors (Lipinski definition) is 0. The van der Waals surface area contributed by atoms with Gasteiger partial charge in [-0.05, 0) is 67.9 Å². The standard InChI is InChI=1S/C27H29NO4/c29-24-21-19-6-5-17-3-1-2-4-18(17)28(19)23(22(21)20-13-31-26(24)32-20)25(30)27-10-14-7-15(11-27)9-16(8-14)12-27/h1-6,14-16,19-23,26H,7-13H2/t14?,15?,16?,19-,20+,21+,22+,23-,26+,27?/m1/s1. The summed E-state index contributed by atoms with van der Waals surface area (Å²) in [6.07, 6.45) is 10.5. The van der Waals surface area contributed by atoms with Crippen LogP contribution in [0.2, 0.25) is 0 Å². The Hall–Kier alpha value is -1.98. The minimum absolute atomic E-state index is 0.0311. The topological polar surface area (TPSA) is 55.8 Å². The van der Waals surface area contributed by atoms with E-state index in [2.05, 4.69) is 35.3 Å². The summed E-state index contributed by atoms with van der Waals surface area (Å²) in [5.41, 5.74) is 2.04. The fourth-order valence-corrected chi connectivity index (χ4v) is 9.30. The van der Waals surface area contributed by atoms with Gasteiger partial charge in [-0.2, -0.15) is 0 Å². The Morgan fingerprint density at radius 1 is 1.03 bits per heavy atom. The Morgan fingerprint density at radius 3 is 2.50 bits per heavy atom. The highest BCUT2D eigenvalue weighted by atomic mass is 16.7. The third kappa shape index (κ3) is 2.22. The molecule has 4 aliphatic carbocycles. The maximum absolute atomic E-state index is 14.7. The van der Waals surface area contributed by atoms with Gasteiger partial charge in [0.15, 0.2) is 11.6 Å². The Kier molecular flexibility index (Phi) is 3.53. The number of hydrogen-bond acceptors (Lipinski definition) is 5. The largest absolute Gasteiger partial charge is 0.353 e. The first kappa shape index (κ1) is 18.4. The fourth-order valence-electron chi connectivity index (χ4n) is 9.30. The quantitative estimate of drug-likeness (QED) is 0.716. The highest BCUT2D eigenvalue weighted by Crippen LogP contribution is 2.62. The van der Waals surface area contributed by atoms with Crippen LogP contribution in [0.25, 0.3) is 6.08 Å². The van der Waals surface area contributed by atoms with E-state index in [0.29, 0.717) is 12.4 Å². The van der Waals surface area contributed by atoms with E-state index in [1.807, 2.05) is 6.07 Å². The van der Waals surface area contributed by atoms with Crippen molar-refractivity contribution in [2.24, 2.45) is 35.0 Å². The number of ketones is 2. The number of carbonyl (C=O) groups excluding carboxylic acids is 2. The van der Waals surface area contributed by atoms with Crippen LogP contribution < -0.4 is 4.90 Å². The molecule has 9 rings (SSSR count). The van der Waals surface area contributed by atoms with E-state index in [-0.39, 0.29) is 41.2 Å². The predicted molar refractivity (Wildman–Crippen MR) is 118 cm³/mol. The number of benzene rings is 1. The van der Waals surface area contributed by atoms with E-state index in [9.17, 15) is 9.59 Å². The van der Waals surface area contributed by atoms with Crippen molar-refractivity contribution in [3.8, 4) is 0 Å². The number of Topliss-reactive ketones (excluding diaryl/α,β-unsaturated/α-hetero) is 2. The van der Waals surface area contributed by atoms with E-state index < -0.39 is 6.29 Å². The third-order valence-electron chi connectivity index (χ3n) is 9.99. The molecule has 32 heavy (non-hydrogen) atoms. The van der Waals surface area contributed by atoms with E-state index in [1.54, 1.807) is 0 Å². The molecule has 0 amide bonds. The van der Waals surface area contributed by atoms with Crippen LogP contribution >= 0.6 is 0 Å². The molecule has 7 fully saturated rings. The molecular formula is C27H29NO4. The smallest absolute Gasteiger partial charge is 0.218 e. The van der Waals surface area contributed by atoms with Crippen molar-refractivity contribution in [3.63, 3.8) is 0 Å². The Balaban J connectivity index is 1.28. The predicted octanol–water partition coefficient (Wildman–Crippen LogP) is 3.61. The van der Waals surface area contributed by atoms with Crippen LogP contribution in [0.5, 0.6) is 0 Å². The SMILES string of the molecule is O=C1[C@H]2OC[C@H](O2)[C@H]2[C@@H]1[C@H]1C=Cc3ccccc3N1[C@H]2C(=O)C12CC3CC(CC(C3)C1)C2. The third-order valence-corrected chi connectivity index (χ3v) is 9.99. The Labute approximate surface area is 188 Å². The van der Waals surface area contributed by atoms with Crippen LogP contribution in [0.3, 0.4) is 0 Å². The molecule has 4 aliphatic heterocycles. The first-order valence-electron chi connectivity index (χ1n) is 12.5. The summed E-state index contributed by atoms with van der Waals surface area (Å²) in [4.78, 5) is 30.5. The molecule has 0 N–H and O–H groups in total. The number of para-hydroxylation sites is 1. The van der Waals surface area contributed by atoms with Gasteiger partial charge in [0.05, 0.1) is 30.7 Å². The van der Waals surface area contributed by atoms with Crippen LogP contribution in [-0.4, -0.2) is 42.7 Å². The molecule has 0 aromatic heterocycles. The monoisotopic (exact) mass is 431 g/mol. The van der Waals surface area contributed by atoms with Crippen LogP contribution in [0.1, 0.15) is 44.1 Å². The van der Waals surface area contributed by atoms with E-state index in [0.717, 1.165) is 48.3 Å². The highest BCUT2D eigenvalue weighted by molar-refractivity contribution is 5.99. The average Bonchev–Trinajstić information content (AvgIpc) is 3.37. The summed E-state index contributed by atoms with van der Waals surface area (Å²) in [5, 5.41) is 0. The summed E-state index contributed by atoms with van der Waals surface area (Å²) < 4.78 is 11.8. The molecule has 5 heteroatoms. The van der Waals surface area contributed by atoms with Crippen molar-refractivity contribution in [2.75, 3.05) is 11.5 Å². The maximum Gasteiger partial charge on any atom is 0.218 e. The second-order valence-corrected chi connectivity index (χ2v) is 11.7. The maximum atomic E-state index is 14.7. The van der Waals surface area contributed by atoms with Crippen molar-refractivity contribution in [3.05, 3.63) is 35.9 Å². The van der Waals surface area contributed by atoms with Crippen LogP contribution in [0.4, 0.5) is 5.69 Å². The number of nitrogens with zero attached hydrogens (tertiary/aromatic N) is 1. The summed E-state index contributed by atoms with van der Waals surface area (Å²) >= 11 is 0. The Bertz CT molecular complexity index is 1030. The molecule has 0 spiro atoms. The molecule has 4 heterocycles. The number of fused-ring (bicyclic) bond motifs is 8. The van der Waals surface area contributed by atoms with Crippen LogP contribution in [0, 0.1) is 35.0 Å². The summed E-state index contributed by atoms with van der Waals surface area (Å²) in [6, 6.07) is 7.96. The molecule has 5 nitrogen and oxygen atoms in total. The summed E-state index contributed by atoms with van der Waals surface area (Å²) in [6.45, 7) is 0.425. The van der Waals surface area contributed by atoms with Gasteiger partial charge in [0.1, 0.15) is 0 Å². The minimum Gasteiger partial charge on any atom is -0.353 e. The van der Waals surface area contributed by atoms with Gasteiger partial charge in [-0.15, -0.1) is 0 Å². The van der Waals surface area contributed by atoms with Gasteiger partial charge in [-0.3, -0.25) is 9.59 Å². The molecule has 1 aromatic rings. The average molecular weight is 432 g/mol. The number of rotatable bonds is 2. The molecule has 6 atom stereocenters. The zero-order valence-electron chi connectivity index (χ0n) is 18.2. The molecule has 8 aliphatic rings. The van der Waals surface area contributed by atoms with E-state index >= 15 is 0 Å².